The second kappa shape index (κ2) is 37.2. The first-order valence-corrected chi connectivity index (χ1v) is 21.3. The second-order valence-electron chi connectivity index (χ2n) is 15.2. The number of ether oxygens (including phenoxy) is 1. The Hall–Kier alpha value is -3.71. The van der Waals surface area contributed by atoms with Gasteiger partial charge in [-0.3, -0.25) is 9.59 Å². The summed E-state index contributed by atoms with van der Waals surface area (Å²) >= 11 is 0. The fraction of sp³-hybridized carbons (Fsp3) is 0.604. The van der Waals surface area contributed by atoms with Crippen molar-refractivity contribution in [3.05, 3.63) is 97.2 Å². The number of hydrogen-bond acceptors (Lipinski definition) is 5. The van der Waals surface area contributed by atoms with Gasteiger partial charge in [0.15, 0.2) is 0 Å². The fourth-order valence-corrected chi connectivity index (χ4v) is 5.58. The molecule has 0 aliphatic heterocycles. The predicted molar refractivity (Wildman–Crippen MR) is 231 cm³/mol. The van der Waals surface area contributed by atoms with Gasteiger partial charge in [-0.15, -0.1) is 0 Å². The van der Waals surface area contributed by atoms with E-state index in [1.54, 1.807) is 0 Å². The summed E-state index contributed by atoms with van der Waals surface area (Å²) in [6.07, 6.45) is 51.6. The molecular weight excluding hydrogens is 685 g/mol. The lowest BCUT2D eigenvalue weighted by Gasteiger charge is -2.26. The van der Waals surface area contributed by atoms with Crippen molar-refractivity contribution >= 4 is 17.8 Å². The van der Waals surface area contributed by atoms with Crippen LogP contribution in [0.1, 0.15) is 149 Å². The lowest BCUT2D eigenvalue weighted by Crippen LogP contribution is -2.49. The molecule has 7 nitrogen and oxygen atoms in total. The Morgan fingerprint density at radius 2 is 1.04 bits per heavy atom. The highest BCUT2D eigenvalue weighted by atomic mass is 16.5. The van der Waals surface area contributed by atoms with Crippen LogP contribution in [0.5, 0.6) is 0 Å². The molecule has 1 amide bonds. The summed E-state index contributed by atoms with van der Waals surface area (Å²) in [7, 11) is 6.12. The van der Waals surface area contributed by atoms with E-state index in [2.05, 4.69) is 116 Å². The lowest BCUT2D eigenvalue weighted by atomic mass is 10.1. The first-order chi connectivity index (χ1) is 26.6. The highest BCUT2D eigenvalue weighted by Crippen LogP contribution is 2.14. The summed E-state index contributed by atoms with van der Waals surface area (Å²) in [4.78, 5) is 37.5. The van der Waals surface area contributed by atoms with Crippen molar-refractivity contribution in [1.29, 1.82) is 0 Å². The molecule has 1 N–H and O–H groups in total. The summed E-state index contributed by atoms with van der Waals surface area (Å²) in [6, 6.07) is -1.07. The Labute approximate surface area is 336 Å². The van der Waals surface area contributed by atoms with Crippen molar-refractivity contribution in [3.8, 4) is 0 Å². The maximum Gasteiger partial charge on any atom is 0.306 e. The molecule has 0 bridgehead atoms. The van der Waals surface area contributed by atoms with Gasteiger partial charge >= 0.3 is 5.97 Å². The van der Waals surface area contributed by atoms with Crippen LogP contribution in [0.3, 0.4) is 0 Å². The van der Waals surface area contributed by atoms with E-state index in [1.807, 2.05) is 21.1 Å². The van der Waals surface area contributed by atoms with Gasteiger partial charge in [0.2, 0.25) is 5.91 Å². The molecule has 7 heteroatoms. The molecule has 0 saturated carbocycles. The number of carbonyl (C=O) groups excluding carboxylic acids is 3. The molecule has 0 aromatic heterocycles. The van der Waals surface area contributed by atoms with Gasteiger partial charge in [0, 0.05) is 6.42 Å². The topological polar surface area (TPSA) is 95.5 Å². The Kier molecular flexibility index (Phi) is 34.7. The molecule has 0 aromatic rings. The van der Waals surface area contributed by atoms with Crippen molar-refractivity contribution in [2.24, 2.45) is 0 Å². The number of carbonyl (C=O) groups is 3. The van der Waals surface area contributed by atoms with Crippen LogP contribution in [0.15, 0.2) is 97.2 Å². The fourth-order valence-electron chi connectivity index (χ4n) is 5.58. The number of nitrogens with one attached hydrogen (secondary N) is 1. The van der Waals surface area contributed by atoms with Gasteiger partial charge in [-0.05, 0) is 109 Å². The van der Waals surface area contributed by atoms with Gasteiger partial charge in [0.05, 0.1) is 46.1 Å². The molecule has 0 saturated heterocycles. The average molecular weight is 763 g/mol. The zero-order chi connectivity index (χ0) is 40.7. The molecule has 0 aliphatic carbocycles. The lowest BCUT2D eigenvalue weighted by molar-refractivity contribution is -0.870. The van der Waals surface area contributed by atoms with Gasteiger partial charge < -0.3 is 24.4 Å². The van der Waals surface area contributed by atoms with Gasteiger partial charge in [-0.25, -0.2) is 0 Å². The van der Waals surface area contributed by atoms with E-state index in [1.165, 1.54) is 19.3 Å². The van der Waals surface area contributed by atoms with Crippen molar-refractivity contribution in [1.82, 2.24) is 5.32 Å². The number of hydrogen-bond donors (Lipinski definition) is 1. The maximum atomic E-state index is 13.0. The van der Waals surface area contributed by atoms with E-state index in [9.17, 15) is 19.5 Å². The van der Waals surface area contributed by atoms with Gasteiger partial charge in [0.25, 0.3) is 0 Å². The van der Waals surface area contributed by atoms with Crippen molar-refractivity contribution < 1.29 is 28.7 Å². The number of carboxylic acid groups (broad SMARTS) is 1. The molecular formula is C48H78N2O5. The van der Waals surface area contributed by atoms with E-state index in [0.717, 1.165) is 83.6 Å². The van der Waals surface area contributed by atoms with Crippen LogP contribution in [-0.2, 0) is 19.1 Å². The molecule has 55 heavy (non-hydrogen) atoms. The number of aliphatic carboxylic acids is 1. The predicted octanol–water partition coefficient (Wildman–Crippen LogP) is 10.5. The summed E-state index contributed by atoms with van der Waals surface area (Å²) in [5, 5.41) is 14.4. The minimum absolute atomic E-state index is 0.0622. The molecule has 0 aliphatic rings. The summed E-state index contributed by atoms with van der Waals surface area (Å²) < 4.78 is 6.49. The number of allylic oxidation sites excluding steroid dienone is 16. The summed E-state index contributed by atoms with van der Waals surface area (Å²) in [5.74, 6) is -2.05. The normalized spacial score (nSPS) is 14.0. The number of esters is 1. The molecule has 0 spiro atoms. The van der Waals surface area contributed by atoms with Crippen molar-refractivity contribution in [2.45, 2.75) is 161 Å². The van der Waals surface area contributed by atoms with E-state index in [0.29, 0.717) is 30.2 Å². The summed E-state index contributed by atoms with van der Waals surface area (Å²) in [6.45, 7) is 5.14. The number of amides is 1. The molecule has 310 valence electrons. The third-order valence-corrected chi connectivity index (χ3v) is 8.73. The monoisotopic (exact) mass is 763 g/mol. The van der Waals surface area contributed by atoms with Gasteiger partial charge in [-0.2, -0.15) is 0 Å². The van der Waals surface area contributed by atoms with Gasteiger partial charge in [0.1, 0.15) is 6.10 Å². The highest BCUT2D eigenvalue weighted by molar-refractivity contribution is 5.83. The molecule has 0 heterocycles. The number of nitrogens with zero attached hydrogens (tertiary/aromatic N) is 1. The molecule has 0 radical (unpaired) electrons. The Balaban J connectivity index is 4.75. The standard InChI is InChI=1S/C48H78N2O5/c1-6-8-10-12-14-16-18-20-22-23-25-27-29-31-33-35-37-41-47(52)55-44(43-46(51)49-45(48(53)54)40-38-42-50(3,4)5)39-36-34-32-30-28-26-24-21-19-17-15-13-11-9-7-2/h8,10,14-17,20-22,24-25,27-28,30-31,33,44-45H,6-7,9,11-13,18-19,23,26,29,32,34-43H2,1-5H3,(H-,49,51,53,54). The quantitative estimate of drug-likeness (QED) is 0.0300. The van der Waals surface area contributed by atoms with Crippen LogP contribution in [0.2, 0.25) is 0 Å². The summed E-state index contributed by atoms with van der Waals surface area (Å²) in [5.41, 5.74) is 0. The van der Waals surface area contributed by atoms with E-state index in [4.69, 9.17) is 4.74 Å². The number of carboxylic acids is 1. The molecule has 0 rings (SSSR count). The maximum absolute atomic E-state index is 13.0. The third-order valence-electron chi connectivity index (χ3n) is 8.73. The Bertz CT molecular complexity index is 1220. The number of rotatable bonds is 35. The highest BCUT2D eigenvalue weighted by Gasteiger charge is 2.21. The number of unbranched alkanes of at least 4 members (excludes halogenated alkanes) is 6. The second-order valence-corrected chi connectivity index (χ2v) is 15.2. The molecule has 2 atom stereocenters. The van der Waals surface area contributed by atoms with Crippen LogP contribution in [0, 0.1) is 0 Å². The minimum Gasteiger partial charge on any atom is -0.548 e. The number of quaternary nitrogens is 1. The minimum atomic E-state index is -1.29. The van der Waals surface area contributed by atoms with E-state index >= 15 is 0 Å². The molecule has 0 fully saturated rings. The Morgan fingerprint density at radius 3 is 1.49 bits per heavy atom. The molecule has 2 unspecified atom stereocenters. The largest absolute Gasteiger partial charge is 0.548 e. The first-order valence-electron chi connectivity index (χ1n) is 21.3. The van der Waals surface area contributed by atoms with Crippen molar-refractivity contribution in [2.75, 3.05) is 27.7 Å². The van der Waals surface area contributed by atoms with E-state index < -0.39 is 24.0 Å². The smallest absolute Gasteiger partial charge is 0.306 e. The van der Waals surface area contributed by atoms with Crippen molar-refractivity contribution in [3.63, 3.8) is 0 Å². The molecule has 0 aromatic carbocycles. The Morgan fingerprint density at radius 1 is 0.582 bits per heavy atom. The van der Waals surface area contributed by atoms with Crippen LogP contribution < -0.4 is 10.4 Å². The van der Waals surface area contributed by atoms with Crippen LogP contribution in [0.4, 0.5) is 0 Å². The third kappa shape index (κ3) is 38.4. The van der Waals surface area contributed by atoms with Crippen LogP contribution in [-0.4, -0.2) is 62.2 Å². The average Bonchev–Trinajstić information content (AvgIpc) is 3.13. The zero-order valence-corrected chi connectivity index (χ0v) is 35.4. The van der Waals surface area contributed by atoms with Crippen LogP contribution >= 0.6 is 0 Å². The van der Waals surface area contributed by atoms with Gasteiger partial charge in [-0.1, -0.05) is 124 Å². The first kappa shape index (κ1) is 51.3. The zero-order valence-electron chi connectivity index (χ0n) is 35.4. The van der Waals surface area contributed by atoms with E-state index in [-0.39, 0.29) is 18.8 Å². The SMILES string of the molecule is CCC=CCC=CCC=CCC=CCC=CCCCC(=O)OC(CCCCC=CCC=CCC=CCCCCC)CC(=O)NC(CCC[N+](C)(C)C)C(=O)[O-]. The van der Waals surface area contributed by atoms with Crippen LogP contribution in [0.25, 0.3) is 0 Å².